The van der Waals surface area contributed by atoms with E-state index < -0.39 is 0 Å². The van der Waals surface area contributed by atoms with Crippen molar-refractivity contribution >= 4 is 0 Å². The Kier molecular flexibility index (Phi) is 4.14. The summed E-state index contributed by atoms with van der Waals surface area (Å²) in [6, 6.07) is 9.05. The van der Waals surface area contributed by atoms with Gasteiger partial charge in [-0.1, -0.05) is 30.7 Å². The van der Waals surface area contributed by atoms with Gasteiger partial charge in [-0.25, -0.2) is 0 Å². The number of hydrogen-bond donors (Lipinski definition) is 1. The van der Waals surface area contributed by atoms with Crippen LogP contribution in [-0.4, -0.2) is 32.8 Å². The van der Waals surface area contributed by atoms with Crippen LogP contribution < -0.4 is 5.32 Å². The van der Waals surface area contributed by atoms with Crippen molar-refractivity contribution < 1.29 is 0 Å². The molecule has 1 aromatic carbocycles. The molecule has 4 rings (SSSR count). The lowest BCUT2D eigenvalue weighted by Crippen LogP contribution is -2.36. The SMILES string of the molecule is Cc1ccccc1CN1CCn2c(nnc2[C@@H]2CCCCN2)C1. The van der Waals surface area contributed by atoms with E-state index in [-0.39, 0.29) is 0 Å². The van der Waals surface area contributed by atoms with Crippen molar-refractivity contribution in [2.45, 2.75) is 51.9 Å². The minimum absolute atomic E-state index is 0.396. The minimum atomic E-state index is 0.396. The summed E-state index contributed by atoms with van der Waals surface area (Å²) in [7, 11) is 0. The highest BCUT2D eigenvalue weighted by molar-refractivity contribution is 5.25. The van der Waals surface area contributed by atoms with Gasteiger partial charge in [-0.15, -0.1) is 10.2 Å². The predicted octanol–water partition coefficient (Wildman–Crippen LogP) is 2.42. The van der Waals surface area contributed by atoms with Crippen molar-refractivity contribution in [2.24, 2.45) is 0 Å². The molecule has 0 unspecified atom stereocenters. The average Bonchev–Trinajstić information content (AvgIpc) is 3.01. The summed E-state index contributed by atoms with van der Waals surface area (Å²) in [6.45, 7) is 7.26. The first-order chi connectivity index (χ1) is 11.3. The van der Waals surface area contributed by atoms with Gasteiger partial charge >= 0.3 is 0 Å². The van der Waals surface area contributed by atoms with Crippen LogP contribution in [-0.2, 0) is 19.6 Å². The molecular weight excluding hydrogens is 286 g/mol. The molecule has 2 aromatic rings. The number of aromatic nitrogens is 3. The smallest absolute Gasteiger partial charge is 0.150 e. The maximum atomic E-state index is 4.50. The van der Waals surface area contributed by atoms with Crippen LogP contribution >= 0.6 is 0 Å². The van der Waals surface area contributed by atoms with Gasteiger partial charge in [0.15, 0.2) is 0 Å². The van der Waals surface area contributed by atoms with Crippen LogP contribution in [0, 0.1) is 6.92 Å². The van der Waals surface area contributed by atoms with E-state index in [0.29, 0.717) is 6.04 Å². The number of aryl methyl sites for hydroxylation is 1. The quantitative estimate of drug-likeness (QED) is 0.945. The zero-order chi connectivity index (χ0) is 15.6. The van der Waals surface area contributed by atoms with E-state index in [0.717, 1.165) is 44.4 Å². The Bertz CT molecular complexity index is 672. The first kappa shape index (κ1) is 14.8. The Morgan fingerprint density at radius 3 is 2.91 bits per heavy atom. The molecule has 1 saturated heterocycles. The van der Waals surface area contributed by atoms with Crippen molar-refractivity contribution in [1.29, 1.82) is 0 Å². The van der Waals surface area contributed by atoms with Gasteiger partial charge in [0.2, 0.25) is 0 Å². The molecule has 0 saturated carbocycles. The Morgan fingerprint density at radius 1 is 1.17 bits per heavy atom. The Balaban J connectivity index is 1.48. The molecule has 0 aliphatic carbocycles. The molecule has 5 heteroatoms. The average molecular weight is 311 g/mol. The van der Waals surface area contributed by atoms with Gasteiger partial charge in [0.1, 0.15) is 11.6 Å². The summed E-state index contributed by atoms with van der Waals surface area (Å²) in [5.41, 5.74) is 2.78. The molecule has 0 spiro atoms. The van der Waals surface area contributed by atoms with Gasteiger partial charge in [0.05, 0.1) is 12.6 Å². The monoisotopic (exact) mass is 311 g/mol. The number of hydrogen-bond acceptors (Lipinski definition) is 4. The maximum absolute atomic E-state index is 4.50. The van der Waals surface area contributed by atoms with E-state index in [4.69, 9.17) is 0 Å². The third-order valence-corrected chi connectivity index (χ3v) is 5.14. The number of benzene rings is 1. The zero-order valence-electron chi connectivity index (χ0n) is 13.8. The van der Waals surface area contributed by atoms with Crippen molar-refractivity contribution in [1.82, 2.24) is 25.0 Å². The van der Waals surface area contributed by atoms with Crippen LogP contribution in [0.4, 0.5) is 0 Å². The van der Waals surface area contributed by atoms with E-state index in [1.807, 2.05) is 0 Å². The third-order valence-electron chi connectivity index (χ3n) is 5.14. The summed E-state index contributed by atoms with van der Waals surface area (Å²) < 4.78 is 2.34. The van der Waals surface area contributed by atoms with Crippen molar-refractivity contribution in [3.8, 4) is 0 Å². The molecule has 1 aromatic heterocycles. The van der Waals surface area contributed by atoms with Gasteiger partial charge in [0, 0.05) is 19.6 Å². The summed E-state index contributed by atoms with van der Waals surface area (Å²) in [5.74, 6) is 2.27. The van der Waals surface area contributed by atoms with Crippen molar-refractivity contribution in [3.63, 3.8) is 0 Å². The van der Waals surface area contributed by atoms with Crippen LogP contribution in [0.3, 0.4) is 0 Å². The summed E-state index contributed by atoms with van der Waals surface area (Å²) in [4.78, 5) is 2.48. The molecule has 1 fully saturated rings. The fourth-order valence-electron chi connectivity index (χ4n) is 3.72. The van der Waals surface area contributed by atoms with E-state index >= 15 is 0 Å². The Labute approximate surface area is 137 Å². The number of nitrogens with zero attached hydrogens (tertiary/aromatic N) is 4. The third kappa shape index (κ3) is 3.03. The van der Waals surface area contributed by atoms with Gasteiger partial charge in [-0.3, -0.25) is 4.90 Å². The lowest BCUT2D eigenvalue weighted by Gasteiger charge is -2.30. The molecule has 0 bridgehead atoms. The molecule has 1 atom stereocenters. The van der Waals surface area contributed by atoms with E-state index in [2.05, 4.69) is 56.2 Å². The highest BCUT2D eigenvalue weighted by Crippen LogP contribution is 2.24. The van der Waals surface area contributed by atoms with Crippen molar-refractivity contribution in [2.75, 3.05) is 13.1 Å². The van der Waals surface area contributed by atoms with Gasteiger partial charge in [-0.2, -0.15) is 0 Å². The fraction of sp³-hybridized carbons (Fsp3) is 0.556. The van der Waals surface area contributed by atoms with Crippen LogP contribution in [0.5, 0.6) is 0 Å². The predicted molar refractivity (Wildman–Crippen MR) is 89.9 cm³/mol. The van der Waals surface area contributed by atoms with E-state index in [1.54, 1.807) is 0 Å². The zero-order valence-corrected chi connectivity index (χ0v) is 13.8. The molecule has 0 amide bonds. The van der Waals surface area contributed by atoms with Crippen LogP contribution in [0.15, 0.2) is 24.3 Å². The van der Waals surface area contributed by atoms with Crippen LogP contribution in [0.25, 0.3) is 0 Å². The summed E-state index contributed by atoms with van der Waals surface area (Å²) in [6.07, 6.45) is 3.76. The molecule has 2 aliphatic heterocycles. The summed E-state index contributed by atoms with van der Waals surface area (Å²) in [5, 5.41) is 12.6. The maximum Gasteiger partial charge on any atom is 0.150 e. The second kappa shape index (κ2) is 6.42. The Morgan fingerprint density at radius 2 is 2.09 bits per heavy atom. The topological polar surface area (TPSA) is 46.0 Å². The van der Waals surface area contributed by atoms with Gasteiger partial charge in [0.25, 0.3) is 0 Å². The molecule has 2 aliphatic rings. The molecule has 1 N–H and O–H groups in total. The minimum Gasteiger partial charge on any atom is -0.311 e. The van der Waals surface area contributed by atoms with E-state index in [9.17, 15) is 0 Å². The molecule has 122 valence electrons. The first-order valence-corrected chi connectivity index (χ1v) is 8.73. The number of nitrogens with one attached hydrogen (secondary N) is 1. The summed E-state index contributed by atoms with van der Waals surface area (Å²) >= 11 is 0. The highest BCUT2D eigenvalue weighted by atomic mass is 15.3. The lowest BCUT2D eigenvalue weighted by atomic mass is 10.0. The number of fused-ring (bicyclic) bond motifs is 1. The molecule has 0 radical (unpaired) electrons. The van der Waals surface area contributed by atoms with Crippen LogP contribution in [0.1, 0.15) is 48.1 Å². The second-order valence-corrected chi connectivity index (χ2v) is 6.77. The first-order valence-electron chi connectivity index (χ1n) is 8.73. The standard InChI is InChI=1S/C18H25N5/c1-14-6-2-3-7-15(14)12-22-10-11-23-17(13-22)20-21-18(23)16-8-4-5-9-19-16/h2-3,6-7,16,19H,4-5,8-13H2,1H3/t16-/m0/s1. The normalized spacial score (nSPS) is 22.0. The molecule has 3 heterocycles. The van der Waals surface area contributed by atoms with E-state index in [1.165, 1.54) is 30.4 Å². The van der Waals surface area contributed by atoms with Crippen molar-refractivity contribution in [3.05, 3.63) is 47.0 Å². The molecular formula is C18H25N5. The largest absolute Gasteiger partial charge is 0.311 e. The number of piperidine rings is 1. The van der Waals surface area contributed by atoms with Gasteiger partial charge in [-0.05, 0) is 37.4 Å². The molecule has 23 heavy (non-hydrogen) atoms. The Hall–Kier alpha value is -1.72. The highest BCUT2D eigenvalue weighted by Gasteiger charge is 2.26. The molecule has 5 nitrogen and oxygen atoms in total. The van der Waals surface area contributed by atoms with Crippen LogP contribution in [0.2, 0.25) is 0 Å². The lowest BCUT2D eigenvalue weighted by molar-refractivity contribution is 0.204. The fourth-order valence-corrected chi connectivity index (χ4v) is 3.72. The van der Waals surface area contributed by atoms with Gasteiger partial charge < -0.3 is 9.88 Å². The number of rotatable bonds is 3. The second-order valence-electron chi connectivity index (χ2n) is 6.77.